The summed E-state index contributed by atoms with van der Waals surface area (Å²) >= 11 is 0. The zero-order chi connectivity index (χ0) is 16.0. The molecule has 128 valence electrons. The molecule has 0 atom stereocenters. The van der Waals surface area contributed by atoms with E-state index in [2.05, 4.69) is 29.6 Å². The van der Waals surface area contributed by atoms with Crippen LogP contribution in [0.4, 0.5) is 5.69 Å². The molecule has 4 fully saturated rings. The monoisotopic (exact) mass is 322 g/mol. The molecule has 1 aromatic carbocycles. The Morgan fingerprint density at radius 3 is 2.17 bits per heavy atom. The SMILES string of the molecule is c1cc(C23CC4CC(CC(C4)C2)C3)ccc1NC1=NCCCCC1. The number of rotatable bonds is 2. The normalized spacial score (nSPS) is 37.8. The zero-order valence-corrected chi connectivity index (χ0v) is 14.8. The van der Waals surface area contributed by atoms with Gasteiger partial charge in [0.05, 0.1) is 0 Å². The average molecular weight is 322 g/mol. The molecule has 4 aliphatic carbocycles. The molecule has 24 heavy (non-hydrogen) atoms. The van der Waals surface area contributed by atoms with Crippen LogP contribution in [0.5, 0.6) is 0 Å². The van der Waals surface area contributed by atoms with Crippen LogP contribution in [0, 0.1) is 17.8 Å². The van der Waals surface area contributed by atoms with Crippen molar-refractivity contribution < 1.29 is 0 Å². The minimum atomic E-state index is 0.521. The minimum absolute atomic E-state index is 0.521. The fraction of sp³-hybridized carbons (Fsp3) is 0.682. The third-order valence-electron chi connectivity index (χ3n) is 7.20. The van der Waals surface area contributed by atoms with Crippen molar-refractivity contribution in [2.75, 3.05) is 11.9 Å². The van der Waals surface area contributed by atoms with Gasteiger partial charge < -0.3 is 5.32 Å². The van der Waals surface area contributed by atoms with Crippen LogP contribution in [0.3, 0.4) is 0 Å². The number of benzene rings is 1. The molecule has 1 N–H and O–H groups in total. The van der Waals surface area contributed by atoms with E-state index in [-0.39, 0.29) is 0 Å². The summed E-state index contributed by atoms with van der Waals surface area (Å²) in [4.78, 5) is 4.70. The van der Waals surface area contributed by atoms with Gasteiger partial charge in [-0.3, -0.25) is 4.99 Å². The predicted octanol–water partition coefficient (Wildman–Crippen LogP) is 5.54. The van der Waals surface area contributed by atoms with E-state index in [9.17, 15) is 0 Å². The van der Waals surface area contributed by atoms with Gasteiger partial charge in [0.2, 0.25) is 0 Å². The van der Waals surface area contributed by atoms with E-state index in [0.717, 1.165) is 30.7 Å². The van der Waals surface area contributed by atoms with Crippen LogP contribution in [-0.4, -0.2) is 12.4 Å². The van der Waals surface area contributed by atoms with E-state index in [0.29, 0.717) is 5.41 Å². The van der Waals surface area contributed by atoms with Crippen molar-refractivity contribution in [1.29, 1.82) is 0 Å². The van der Waals surface area contributed by atoms with Gasteiger partial charge in [-0.1, -0.05) is 18.6 Å². The quantitative estimate of drug-likeness (QED) is 0.759. The number of nitrogens with one attached hydrogen (secondary N) is 1. The first-order valence-corrected chi connectivity index (χ1v) is 10.2. The summed E-state index contributed by atoms with van der Waals surface area (Å²) < 4.78 is 0. The second-order valence-corrected chi connectivity index (χ2v) is 9.04. The maximum absolute atomic E-state index is 4.70. The zero-order valence-electron chi connectivity index (χ0n) is 14.8. The Kier molecular flexibility index (Phi) is 3.68. The summed E-state index contributed by atoms with van der Waals surface area (Å²) in [5.74, 6) is 4.26. The minimum Gasteiger partial charge on any atom is -0.344 e. The number of hydrogen-bond acceptors (Lipinski definition) is 2. The fourth-order valence-corrected chi connectivity index (χ4v) is 6.51. The molecule has 0 radical (unpaired) electrons. The molecule has 5 aliphatic rings. The van der Waals surface area contributed by atoms with Crippen molar-refractivity contribution in [2.24, 2.45) is 22.7 Å². The molecule has 0 amide bonds. The standard InChI is InChI=1S/C22H30N2/c1-2-4-21(23-9-3-1)24-20-7-5-19(6-8-20)22-13-16-10-17(14-22)12-18(11-16)15-22/h5-8,16-18H,1-4,9-15H2,(H,23,24). The molecule has 6 rings (SSSR count). The van der Waals surface area contributed by atoms with Crippen molar-refractivity contribution in [3.63, 3.8) is 0 Å². The Bertz CT molecular complexity index is 593. The highest BCUT2D eigenvalue weighted by molar-refractivity contribution is 5.95. The molecule has 1 aromatic rings. The van der Waals surface area contributed by atoms with Gasteiger partial charge in [0, 0.05) is 18.7 Å². The highest BCUT2D eigenvalue weighted by Gasteiger charge is 2.51. The Morgan fingerprint density at radius 1 is 0.833 bits per heavy atom. The van der Waals surface area contributed by atoms with Crippen LogP contribution < -0.4 is 5.32 Å². The second kappa shape index (κ2) is 5.89. The predicted molar refractivity (Wildman–Crippen MR) is 101 cm³/mol. The van der Waals surface area contributed by atoms with Gasteiger partial charge in [0.25, 0.3) is 0 Å². The maximum Gasteiger partial charge on any atom is 0.101 e. The van der Waals surface area contributed by atoms with E-state index >= 15 is 0 Å². The molecular weight excluding hydrogens is 292 g/mol. The molecule has 2 heteroatoms. The number of nitrogens with zero attached hydrogens (tertiary/aromatic N) is 1. The summed E-state index contributed by atoms with van der Waals surface area (Å²) in [5.41, 5.74) is 3.37. The summed E-state index contributed by atoms with van der Waals surface area (Å²) in [6.07, 6.45) is 13.9. The number of amidine groups is 1. The maximum atomic E-state index is 4.70. The van der Waals surface area contributed by atoms with E-state index in [1.165, 1.54) is 69.3 Å². The van der Waals surface area contributed by atoms with Gasteiger partial charge in [-0.2, -0.15) is 0 Å². The largest absolute Gasteiger partial charge is 0.344 e. The number of anilines is 1. The van der Waals surface area contributed by atoms with Crippen LogP contribution in [0.15, 0.2) is 29.3 Å². The van der Waals surface area contributed by atoms with Crippen molar-refractivity contribution in [3.8, 4) is 0 Å². The van der Waals surface area contributed by atoms with Crippen LogP contribution in [0.25, 0.3) is 0 Å². The summed E-state index contributed by atoms with van der Waals surface area (Å²) in [5, 5.41) is 3.57. The second-order valence-electron chi connectivity index (χ2n) is 9.04. The first-order valence-electron chi connectivity index (χ1n) is 10.2. The molecule has 4 bridgehead atoms. The van der Waals surface area contributed by atoms with Gasteiger partial charge in [-0.25, -0.2) is 0 Å². The van der Waals surface area contributed by atoms with Crippen molar-refractivity contribution in [3.05, 3.63) is 29.8 Å². The number of aliphatic imine (C=N–C) groups is 1. The van der Waals surface area contributed by atoms with E-state index in [1.54, 1.807) is 5.56 Å². The lowest BCUT2D eigenvalue weighted by Crippen LogP contribution is -2.48. The molecule has 0 saturated heterocycles. The Morgan fingerprint density at radius 2 is 1.50 bits per heavy atom. The smallest absolute Gasteiger partial charge is 0.101 e. The Balaban J connectivity index is 1.34. The van der Waals surface area contributed by atoms with E-state index < -0.39 is 0 Å². The molecule has 2 nitrogen and oxygen atoms in total. The van der Waals surface area contributed by atoms with E-state index in [4.69, 9.17) is 4.99 Å². The highest BCUT2D eigenvalue weighted by Crippen LogP contribution is 2.60. The first-order chi connectivity index (χ1) is 11.8. The molecule has 1 heterocycles. The molecule has 4 saturated carbocycles. The van der Waals surface area contributed by atoms with Crippen molar-refractivity contribution in [1.82, 2.24) is 0 Å². The van der Waals surface area contributed by atoms with Gasteiger partial charge in [-0.15, -0.1) is 0 Å². The van der Waals surface area contributed by atoms with Gasteiger partial charge >= 0.3 is 0 Å². The lowest BCUT2D eigenvalue weighted by Gasteiger charge is -2.57. The average Bonchev–Trinajstić information content (AvgIpc) is 2.83. The molecule has 0 spiro atoms. The first kappa shape index (κ1) is 15.0. The molecular formula is C22H30N2. The van der Waals surface area contributed by atoms with Crippen molar-refractivity contribution in [2.45, 2.75) is 69.6 Å². The molecule has 1 aliphatic heterocycles. The van der Waals surface area contributed by atoms with Gasteiger partial charge in [0.1, 0.15) is 5.84 Å². The van der Waals surface area contributed by atoms with E-state index in [1.807, 2.05) is 0 Å². The van der Waals surface area contributed by atoms with Gasteiger partial charge in [0.15, 0.2) is 0 Å². The fourth-order valence-electron chi connectivity index (χ4n) is 6.51. The highest BCUT2D eigenvalue weighted by atomic mass is 15.0. The Hall–Kier alpha value is -1.31. The summed E-state index contributed by atoms with van der Waals surface area (Å²) in [6.45, 7) is 0.994. The Labute approximate surface area is 146 Å². The summed E-state index contributed by atoms with van der Waals surface area (Å²) in [6, 6.07) is 9.46. The van der Waals surface area contributed by atoms with Gasteiger partial charge in [-0.05, 0) is 92.2 Å². The third-order valence-corrected chi connectivity index (χ3v) is 7.20. The lowest BCUT2D eigenvalue weighted by molar-refractivity contribution is -0.00518. The third kappa shape index (κ3) is 2.68. The van der Waals surface area contributed by atoms with Crippen LogP contribution >= 0.6 is 0 Å². The van der Waals surface area contributed by atoms with Crippen molar-refractivity contribution >= 4 is 11.5 Å². The van der Waals surface area contributed by atoms with Crippen LogP contribution in [0.2, 0.25) is 0 Å². The molecule has 0 unspecified atom stereocenters. The topological polar surface area (TPSA) is 24.4 Å². The van der Waals surface area contributed by atoms with Crippen LogP contribution in [0.1, 0.15) is 69.8 Å². The molecule has 0 aromatic heterocycles. The van der Waals surface area contributed by atoms with Crippen LogP contribution in [-0.2, 0) is 5.41 Å². The lowest BCUT2D eigenvalue weighted by atomic mass is 9.48. The number of hydrogen-bond donors (Lipinski definition) is 1. The summed E-state index contributed by atoms with van der Waals surface area (Å²) in [7, 11) is 0.